The van der Waals surface area contributed by atoms with Crippen molar-refractivity contribution in [1.29, 1.82) is 5.26 Å². The molecule has 0 amide bonds. The van der Waals surface area contributed by atoms with E-state index >= 15 is 0 Å². The molecule has 0 aliphatic heterocycles. The Morgan fingerprint density at radius 1 is 1.17 bits per heavy atom. The number of hydrogen-bond donors (Lipinski definition) is 0. The Kier molecular flexibility index (Phi) is 4.24. The van der Waals surface area contributed by atoms with Crippen LogP contribution in [-0.4, -0.2) is 0 Å². The molecule has 0 saturated carbocycles. The maximum atomic E-state index is 13.6. The van der Waals surface area contributed by atoms with Crippen LogP contribution >= 0.6 is 23.4 Å². The predicted octanol–water partition coefficient (Wildman–Crippen LogP) is 4.64. The summed E-state index contributed by atoms with van der Waals surface area (Å²) in [6, 6.07) is 13.9. The second-order valence-electron chi connectivity index (χ2n) is 3.67. The number of nitriles is 1. The van der Waals surface area contributed by atoms with E-state index in [2.05, 4.69) is 0 Å². The normalized spacial score (nSPS) is 10.1. The molecule has 90 valence electrons. The standard InChI is InChI=1S/C14H9ClFNS/c15-12-4-1-10(2-5-12)9-18-14-6-3-11(8-17)7-13(14)16/h1-7H,9H2. The van der Waals surface area contributed by atoms with Crippen molar-refractivity contribution in [1.82, 2.24) is 0 Å². The molecule has 0 atom stereocenters. The van der Waals surface area contributed by atoms with Crippen LogP contribution in [0.5, 0.6) is 0 Å². The van der Waals surface area contributed by atoms with E-state index < -0.39 is 0 Å². The molecule has 0 fully saturated rings. The first-order valence-electron chi connectivity index (χ1n) is 5.26. The number of halogens is 2. The highest BCUT2D eigenvalue weighted by molar-refractivity contribution is 7.98. The predicted molar refractivity (Wildman–Crippen MR) is 72.1 cm³/mol. The third kappa shape index (κ3) is 3.25. The van der Waals surface area contributed by atoms with Crippen LogP contribution in [0.25, 0.3) is 0 Å². The molecule has 1 nitrogen and oxygen atoms in total. The maximum Gasteiger partial charge on any atom is 0.138 e. The van der Waals surface area contributed by atoms with Gasteiger partial charge in [0.2, 0.25) is 0 Å². The Balaban J connectivity index is 2.06. The van der Waals surface area contributed by atoms with Crippen molar-refractivity contribution >= 4 is 23.4 Å². The van der Waals surface area contributed by atoms with Crippen LogP contribution in [0.4, 0.5) is 4.39 Å². The Bertz CT molecular complexity index is 590. The number of nitrogens with zero attached hydrogens (tertiary/aromatic N) is 1. The van der Waals surface area contributed by atoms with Crippen LogP contribution in [0, 0.1) is 17.1 Å². The van der Waals surface area contributed by atoms with E-state index in [1.165, 1.54) is 17.8 Å². The third-order valence-electron chi connectivity index (χ3n) is 2.37. The lowest BCUT2D eigenvalue weighted by molar-refractivity contribution is 0.601. The van der Waals surface area contributed by atoms with Crippen molar-refractivity contribution in [3.8, 4) is 6.07 Å². The highest BCUT2D eigenvalue weighted by Gasteiger charge is 2.04. The summed E-state index contributed by atoms with van der Waals surface area (Å²) in [4.78, 5) is 0.545. The second kappa shape index (κ2) is 5.90. The van der Waals surface area contributed by atoms with Crippen LogP contribution in [0.3, 0.4) is 0 Å². The molecule has 4 heteroatoms. The summed E-state index contributed by atoms with van der Waals surface area (Å²) in [7, 11) is 0. The molecule has 0 radical (unpaired) electrons. The molecule has 0 unspecified atom stereocenters. The lowest BCUT2D eigenvalue weighted by atomic mass is 10.2. The fourth-order valence-corrected chi connectivity index (χ4v) is 2.43. The van der Waals surface area contributed by atoms with Crippen molar-refractivity contribution in [2.45, 2.75) is 10.6 Å². The van der Waals surface area contributed by atoms with E-state index in [4.69, 9.17) is 16.9 Å². The van der Waals surface area contributed by atoms with Crippen LogP contribution in [0.2, 0.25) is 5.02 Å². The highest BCUT2D eigenvalue weighted by Crippen LogP contribution is 2.26. The van der Waals surface area contributed by atoms with Crippen molar-refractivity contribution in [2.75, 3.05) is 0 Å². The van der Waals surface area contributed by atoms with E-state index in [1.54, 1.807) is 12.1 Å². The van der Waals surface area contributed by atoms with E-state index in [9.17, 15) is 4.39 Å². The minimum absolute atomic E-state index is 0.336. The summed E-state index contributed by atoms with van der Waals surface area (Å²) >= 11 is 7.19. The van der Waals surface area contributed by atoms with Crippen LogP contribution in [0.1, 0.15) is 11.1 Å². The van der Waals surface area contributed by atoms with Crippen molar-refractivity contribution < 1.29 is 4.39 Å². The molecule has 0 saturated heterocycles. The van der Waals surface area contributed by atoms with Crippen LogP contribution < -0.4 is 0 Å². The Morgan fingerprint density at radius 2 is 1.89 bits per heavy atom. The first-order valence-corrected chi connectivity index (χ1v) is 6.62. The molecule has 18 heavy (non-hydrogen) atoms. The van der Waals surface area contributed by atoms with Crippen LogP contribution in [-0.2, 0) is 5.75 Å². The average Bonchev–Trinajstić information content (AvgIpc) is 2.39. The van der Waals surface area contributed by atoms with Gasteiger partial charge < -0.3 is 0 Å². The zero-order valence-corrected chi connectivity index (χ0v) is 10.9. The zero-order chi connectivity index (χ0) is 13.0. The van der Waals surface area contributed by atoms with Gasteiger partial charge in [0.25, 0.3) is 0 Å². The molecule has 0 spiro atoms. The molecule has 0 bridgehead atoms. The van der Waals surface area contributed by atoms with Gasteiger partial charge in [-0.1, -0.05) is 23.7 Å². The Labute approximate surface area is 114 Å². The van der Waals surface area contributed by atoms with Gasteiger partial charge in [0, 0.05) is 15.7 Å². The number of thioether (sulfide) groups is 1. The lowest BCUT2D eigenvalue weighted by Crippen LogP contribution is -1.85. The first-order chi connectivity index (χ1) is 8.69. The van der Waals surface area contributed by atoms with Crippen molar-refractivity contribution in [3.05, 3.63) is 64.4 Å². The summed E-state index contributed by atoms with van der Waals surface area (Å²) in [5.41, 5.74) is 1.41. The Hall–Kier alpha value is -1.50. The number of benzene rings is 2. The molecule has 2 rings (SSSR count). The van der Waals surface area contributed by atoms with E-state index in [-0.39, 0.29) is 5.82 Å². The van der Waals surface area contributed by atoms with Gasteiger partial charge in [-0.25, -0.2) is 4.39 Å². The fourth-order valence-electron chi connectivity index (χ4n) is 1.43. The molecule has 2 aromatic carbocycles. The van der Waals surface area contributed by atoms with E-state index in [0.29, 0.717) is 21.2 Å². The molecule has 0 N–H and O–H groups in total. The van der Waals surface area contributed by atoms with E-state index in [1.807, 2.05) is 30.3 Å². The fraction of sp³-hybridized carbons (Fsp3) is 0.0714. The maximum absolute atomic E-state index is 13.6. The summed E-state index contributed by atoms with van der Waals surface area (Å²) < 4.78 is 13.6. The van der Waals surface area contributed by atoms with Gasteiger partial charge in [-0.05, 0) is 35.9 Å². The smallest absolute Gasteiger partial charge is 0.138 e. The topological polar surface area (TPSA) is 23.8 Å². The molecule has 2 aromatic rings. The third-order valence-corrected chi connectivity index (χ3v) is 3.74. The quantitative estimate of drug-likeness (QED) is 0.763. The monoisotopic (exact) mass is 277 g/mol. The zero-order valence-electron chi connectivity index (χ0n) is 9.36. The lowest BCUT2D eigenvalue weighted by Gasteiger charge is -2.04. The van der Waals surface area contributed by atoms with Crippen molar-refractivity contribution in [2.24, 2.45) is 0 Å². The van der Waals surface area contributed by atoms with Gasteiger partial charge in [-0.3, -0.25) is 0 Å². The summed E-state index contributed by atoms with van der Waals surface area (Å²) in [5, 5.41) is 9.34. The molecule has 0 aromatic heterocycles. The molecule has 0 aliphatic carbocycles. The van der Waals surface area contributed by atoms with Gasteiger partial charge in [-0.15, -0.1) is 11.8 Å². The molecule has 0 heterocycles. The molecule has 0 aliphatic rings. The minimum Gasteiger partial charge on any atom is -0.206 e. The SMILES string of the molecule is N#Cc1ccc(SCc2ccc(Cl)cc2)c(F)c1. The minimum atomic E-state index is -0.354. The average molecular weight is 278 g/mol. The van der Waals surface area contributed by atoms with Gasteiger partial charge in [0.15, 0.2) is 0 Å². The molecular weight excluding hydrogens is 269 g/mol. The summed E-state index contributed by atoms with van der Waals surface area (Å²) in [6.07, 6.45) is 0. The van der Waals surface area contributed by atoms with Gasteiger partial charge in [0.1, 0.15) is 5.82 Å². The van der Waals surface area contributed by atoms with Crippen LogP contribution in [0.15, 0.2) is 47.4 Å². The largest absolute Gasteiger partial charge is 0.206 e. The highest BCUT2D eigenvalue weighted by atomic mass is 35.5. The molecular formula is C14H9ClFNS. The van der Waals surface area contributed by atoms with Gasteiger partial charge >= 0.3 is 0 Å². The number of rotatable bonds is 3. The summed E-state index contributed by atoms with van der Waals surface area (Å²) in [6.45, 7) is 0. The second-order valence-corrected chi connectivity index (χ2v) is 5.13. The Morgan fingerprint density at radius 3 is 2.50 bits per heavy atom. The van der Waals surface area contributed by atoms with Gasteiger partial charge in [0.05, 0.1) is 11.6 Å². The number of hydrogen-bond acceptors (Lipinski definition) is 2. The summed E-state index contributed by atoms with van der Waals surface area (Å²) in [5.74, 6) is 0.313. The van der Waals surface area contributed by atoms with Crippen molar-refractivity contribution in [3.63, 3.8) is 0 Å². The first kappa shape index (κ1) is 12.9. The van der Waals surface area contributed by atoms with Gasteiger partial charge in [-0.2, -0.15) is 5.26 Å². The van der Waals surface area contributed by atoms with E-state index in [0.717, 1.165) is 5.56 Å².